The summed E-state index contributed by atoms with van der Waals surface area (Å²) in [4.78, 5) is 4.63. The largest absolute Gasteiger partial charge is 2.00 e. The molecule has 0 saturated heterocycles. The molecule has 0 aliphatic carbocycles. The monoisotopic (exact) mass is 729 g/mol. The first-order valence-electron chi connectivity index (χ1n) is 13.4. The van der Waals surface area contributed by atoms with Crippen molar-refractivity contribution in [1.29, 1.82) is 0 Å². The van der Waals surface area contributed by atoms with E-state index in [1.807, 2.05) is 78.3 Å². The molecule has 3 heterocycles. The van der Waals surface area contributed by atoms with Crippen LogP contribution >= 0.6 is 0 Å². The van der Waals surface area contributed by atoms with Crippen molar-refractivity contribution < 1.29 is 30.5 Å². The fourth-order valence-corrected chi connectivity index (χ4v) is 5.46. The first kappa shape index (κ1) is 27.5. The van der Waals surface area contributed by atoms with Gasteiger partial charge in [0.25, 0.3) is 0 Å². The first-order chi connectivity index (χ1) is 20.1. The number of nitrogens with zero attached hydrogens (tertiary/aromatic N) is 4. The fraction of sp³-hybridized carbons (Fsp3) is 0.0857. The summed E-state index contributed by atoms with van der Waals surface area (Å²) in [6.07, 6.45) is 1.75. The predicted octanol–water partition coefficient (Wildman–Crippen LogP) is 8.05. The van der Waals surface area contributed by atoms with Crippen LogP contribution in [-0.4, -0.2) is 26.4 Å². The molecule has 0 radical (unpaired) electrons. The van der Waals surface area contributed by atoms with Gasteiger partial charge in [-0.15, -0.1) is 35.7 Å². The summed E-state index contributed by atoms with van der Waals surface area (Å²) in [5.41, 5.74) is 6.99. The van der Waals surface area contributed by atoms with Gasteiger partial charge in [-0.25, -0.2) is 4.98 Å². The minimum Gasteiger partial charge on any atom is -0.509 e. The molecule has 0 fully saturated rings. The van der Waals surface area contributed by atoms with Gasteiger partial charge in [0.05, 0.1) is 12.8 Å². The standard InChI is InChI=1S/C35H26N4O2.Pt/c1-23-35(25-10-5-4-6-11-25)24(2)39(37-23)26-12-9-13-28(20-26)41-29-16-17-31-30-14-7-8-15-32(30)38(33(31)21-29)34-22-27(40-3)18-19-36-34;/h4-19,22H,1-3H3;/q-2;+2. The number of aromatic nitrogens is 4. The second-order valence-electron chi connectivity index (χ2n) is 9.82. The molecule has 0 bridgehead atoms. The molecule has 3 aromatic heterocycles. The fourth-order valence-electron chi connectivity index (χ4n) is 5.46. The normalized spacial score (nSPS) is 11.0. The number of para-hydroxylation sites is 1. The van der Waals surface area contributed by atoms with Gasteiger partial charge in [-0.05, 0) is 42.6 Å². The molecule has 7 aromatic rings. The summed E-state index contributed by atoms with van der Waals surface area (Å²) >= 11 is 0. The molecule has 0 unspecified atom stereocenters. The molecule has 0 saturated carbocycles. The van der Waals surface area contributed by atoms with E-state index in [9.17, 15) is 0 Å². The van der Waals surface area contributed by atoms with Crippen molar-refractivity contribution >= 4 is 21.8 Å². The van der Waals surface area contributed by atoms with Gasteiger partial charge in [0.15, 0.2) is 0 Å². The van der Waals surface area contributed by atoms with Gasteiger partial charge in [-0.1, -0.05) is 54.0 Å². The van der Waals surface area contributed by atoms with Crippen LogP contribution in [0.3, 0.4) is 0 Å². The third-order valence-electron chi connectivity index (χ3n) is 7.29. The molecule has 4 aromatic carbocycles. The molecule has 7 heteroatoms. The molecule has 6 nitrogen and oxygen atoms in total. The van der Waals surface area contributed by atoms with Crippen molar-refractivity contribution in [2.24, 2.45) is 0 Å². The summed E-state index contributed by atoms with van der Waals surface area (Å²) in [6.45, 7) is 4.11. The number of pyridine rings is 1. The maximum absolute atomic E-state index is 6.33. The van der Waals surface area contributed by atoms with Crippen LogP contribution in [0.15, 0.2) is 103 Å². The zero-order chi connectivity index (χ0) is 27.9. The second-order valence-corrected chi connectivity index (χ2v) is 9.82. The number of aryl methyl sites for hydroxylation is 1. The third kappa shape index (κ3) is 4.78. The molecule has 42 heavy (non-hydrogen) atoms. The number of benzene rings is 4. The zero-order valence-corrected chi connectivity index (χ0v) is 25.5. The average Bonchev–Trinajstić information content (AvgIpc) is 3.50. The van der Waals surface area contributed by atoms with Gasteiger partial charge in [-0.2, -0.15) is 17.2 Å². The SMILES string of the molecule is COc1ccnc(-n2c3[c-]c(Oc4[c-]c(-n5nc(C)c(-c6ccccc6)c5C)ccc4)ccc3c3ccccc32)c1.[Pt+2]. The maximum atomic E-state index is 6.33. The number of fused-ring (bicyclic) bond motifs is 3. The number of hydrogen-bond donors (Lipinski definition) is 0. The van der Waals surface area contributed by atoms with Gasteiger partial charge in [0.2, 0.25) is 0 Å². The van der Waals surface area contributed by atoms with Crippen LogP contribution in [0.1, 0.15) is 11.4 Å². The first-order valence-corrected chi connectivity index (χ1v) is 13.4. The molecule has 0 spiro atoms. The third-order valence-corrected chi connectivity index (χ3v) is 7.29. The molecular weight excluding hydrogens is 703 g/mol. The Morgan fingerprint density at radius 2 is 1.55 bits per heavy atom. The van der Waals surface area contributed by atoms with E-state index >= 15 is 0 Å². The Hall–Kier alpha value is -4.67. The topological polar surface area (TPSA) is 54.1 Å². The smallest absolute Gasteiger partial charge is 0.509 e. The molecule has 0 aliphatic rings. The summed E-state index contributed by atoms with van der Waals surface area (Å²) < 4.78 is 15.8. The Bertz CT molecular complexity index is 2050. The van der Waals surface area contributed by atoms with E-state index in [4.69, 9.17) is 14.6 Å². The number of hydrogen-bond acceptors (Lipinski definition) is 4. The molecule has 0 aliphatic heterocycles. The zero-order valence-electron chi connectivity index (χ0n) is 23.2. The Kier molecular flexibility index (Phi) is 7.40. The van der Waals surface area contributed by atoms with Crippen LogP contribution < -0.4 is 9.47 Å². The molecular formula is C35H26N4O2Pt. The van der Waals surface area contributed by atoms with Crippen molar-refractivity contribution in [3.05, 3.63) is 127 Å². The number of methoxy groups -OCH3 is 1. The molecule has 208 valence electrons. The van der Waals surface area contributed by atoms with E-state index in [2.05, 4.69) is 58.9 Å². The molecule has 7 rings (SSSR count). The molecule has 0 N–H and O–H groups in total. The number of rotatable bonds is 6. The summed E-state index contributed by atoms with van der Waals surface area (Å²) in [7, 11) is 1.65. The van der Waals surface area contributed by atoms with E-state index in [0.29, 0.717) is 11.5 Å². The summed E-state index contributed by atoms with van der Waals surface area (Å²) in [5, 5.41) is 7.01. The molecule has 0 amide bonds. The van der Waals surface area contributed by atoms with Crippen molar-refractivity contribution in [3.63, 3.8) is 0 Å². The van der Waals surface area contributed by atoms with Gasteiger partial charge in [0.1, 0.15) is 11.6 Å². The Morgan fingerprint density at radius 1 is 0.762 bits per heavy atom. The van der Waals surface area contributed by atoms with Crippen LogP contribution in [-0.2, 0) is 21.1 Å². The van der Waals surface area contributed by atoms with E-state index in [1.54, 1.807) is 13.3 Å². The average molecular weight is 730 g/mol. The minimum atomic E-state index is 0. The van der Waals surface area contributed by atoms with Gasteiger partial charge < -0.3 is 14.0 Å². The van der Waals surface area contributed by atoms with Gasteiger partial charge in [0, 0.05) is 40.5 Å². The number of ether oxygens (including phenoxy) is 2. The van der Waals surface area contributed by atoms with E-state index < -0.39 is 0 Å². The van der Waals surface area contributed by atoms with Gasteiger partial charge in [-0.3, -0.25) is 4.68 Å². The summed E-state index contributed by atoms with van der Waals surface area (Å²) in [6, 6.07) is 39.1. The predicted molar refractivity (Wildman–Crippen MR) is 161 cm³/mol. The van der Waals surface area contributed by atoms with E-state index in [1.165, 1.54) is 0 Å². The van der Waals surface area contributed by atoms with Crippen molar-refractivity contribution in [3.8, 4) is 39.9 Å². The van der Waals surface area contributed by atoms with Gasteiger partial charge >= 0.3 is 21.1 Å². The maximum Gasteiger partial charge on any atom is 2.00 e. The quantitative estimate of drug-likeness (QED) is 0.163. The van der Waals surface area contributed by atoms with Crippen LogP contribution in [0.4, 0.5) is 0 Å². The Labute approximate surface area is 258 Å². The van der Waals surface area contributed by atoms with Crippen molar-refractivity contribution in [2.75, 3.05) is 7.11 Å². The van der Waals surface area contributed by atoms with Crippen molar-refractivity contribution in [1.82, 2.24) is 19.3 Å². The van der Waals surface area contributed by atoms with Crippen LogP contribution in [0.2, 0.25) is 0 Å². The van der Waals surface area contributed by atoms with E-state index in [-0.39, 0.29) is 21.1 Å². The molecule has 0 atom stereocenters. The second kappa shape index (κ2) is 11.3. The Morgan fingerprint density at radius 3 is 2.38 bits per heavy atom. The van der Waals surface area contributed by atoms with E-state index in [0.717, 1.165) is 61.6 Å². The van der Waals surface area contributed by atoms with Crippen LogP contribution in [0.5, 0.6) is 17.2 Å². The van der Waals surface area contributed by atoms with Crippen molar-refractivity contribution in [2.45, 2.75) is 13.8 Å². The Balaban J connectivity index is 0.00000316. The summed E-state index contributed by atoms with van der Waals surface area (Å²) in [5.74, 6) is 2.64. The van der Waals surface area contributed by atoms with Crippen LogP contribution in [0.25, 0.3) is 44.4 Å². The van der Waals surface area contributed by atoms with Crippen LogP contribution in [0, 0.1) is 26.0 Å². The minimum absolute atomic E-state index is 0.